The van der Waals surface area contributed by atoms with E-state index in [0.717, 1.165) is 6.54 Å². The topological polar surface area (TPSA) is 3.24 Å². The van der Waals surface area contributed by atoms with Gasteiger partial charge in [0.05, 0.1) is 0 Å². The normalized spacial score (nSPS) is 10.8. The first kappa shape index (κ1) is 13.5. The first-order valence-corrected chi connectivity index (χ1v) is 3.85. The first-order chi connectivity index (χ1) is 4.09. The van der Waals surface area contributed by atoms with Crippen LogP contribution in [0.25, 0.3) is 0 Å². The second kappa shape index (κ2) is 6.66. The smallest absolute Gasteiger partial charge is 0.00411 e. The monoisotopic (exact) mass is 152 g/mol. The molecular weight excluding hydrogens is 133 g/mol. The first-order valence-electron chi connectivity index (χ1n) is 3.85. The molecule has 0 aliphatic rings. The molecule has 1 nitrogen and oxygen atoms in total. The molecule has 0 rings (SSSR count). The van der Waals surface area contributed by atoms with E-state index in [0.29, 0.717) is 12.1 Å². The molecule has 0 unspecified atom stereocenters. The molecule has 0 saturated heterocycles. The second-order valence-electron chi connectivity index (χ2n) is 3.02. The minimum Gasteiger partial charge on any atom is -0.299 e. The summed E-state index contributed by atoms with van der Waals surface area (Å²) in [5.74, 6) is 0. The molecule has 10 heavy (non-hydrogen) atoms. The molecule has 0 spiro atoms. The van der Waals surface area contributed by atoms with Gasteiger partial charge < -0.3 is 0 Å². The summed E-state index contributed by atoms with van der Waals surface area (Å²) in [6, 6.07) is 1.38. The Hall–Kier alpha value is 0.960. The van der Waals surface area contributed by atoms with Crippen LogP contribution in [0.15, 0.2) is 0 Å². The van der Waals surface area contributed by atoms with Gasteiger partial charge in [0.1, 0.15) is 0 Å². The van der Waals surface area contributed by atoms with Crippen LogP contribution >= 0.6 is 0 Å². The van der Waals surface area contributed by atoms with Gasteiger partial charge in [-0.15, -0.1) is 0 Å². The summed E-state index contributed by atoms with van der Waals surface area (Å²) in [7, 11) is 0. The van der Waals surface area contributed by atoms with Crippen molar-refractivity contribution in [1.82, 2.24) is 4.90 Å². The maximum Gasteiger partial charge on any atom is 0.00411 e. The van der Waals surface area contributed by atoms with Crippen molar-refractivity contribution in [1.29, 1.82) is 0 Å². The van der Waals surface area contributed by atoms with Crippen molar-refractivity contribution in [3.05, 3.63) is 0 Å². The van der Waals surface area contributed by atoms with E-state index in [-0.39, 0.29) is 29.6 Å². The van der Waals surface area contributed by atoms with Crippen molar-refractivity contribution >= 4 is 29.6 Å². The van der Waals surface area contributed by atoms with Gasteiger partial charge in [0.25, 0.3) is 0 Å². The van der Waals surface area contributed by atoms with Crippen LogP contribution in [0.4, 0.5) is 0 Å². The fraction of sp³-hybridized carbons (Fsp3) is 1.00. The van der Waals surface area contributed by atoms with Crippen LogP contribution in [0.1, 0.15) is 34.6 Å². The molecule has 0 atom stereocenters. The SMILES string of the molecule is CCN(C(C)C)C(C)C.[Na]. The zero-order valence-corrected chi connectivity index (χ0v) is 10.3. The van der Waals surface area contributed by atoms with Crippen LogP contribution in [0.5, 0.6) is 0 Å². The third-order valence-electron chi connectivity index (χ3n) is 1.69. The predicted octanol–water partition coefficient (Wildman–Crippen LogP) is 1.74. The molecule has 0 N–H and O–H groups in total. The number of rotatable bonds is 3. The molecule has 0 amide bonds. The van der Waals surface area contributed by atoms with Crippen molar-refractivity contribution < 1.29 is 0 Å². The Morgan fingerprint density at radius 2 is 1.30 bits per heavy atom. The summed E-state index contributed by atoms with van der Waals surface area (Å²) in [4.78, 5) is 2.46. The van der Waals surface area contributed by atoms with E-state index in [4.69, 9.17) is 0 Å². The molecule has 2 heteroatoms. The summed E-state index contributed by atoms with van der Waals surface area (Å²) >= 11 is 0. The molecule has 57 valence electrons. The van der Waals surface area contributed by atoms with Gasteiger partial charge in [0, 0.05) is 41.6 Å². The standard InChI is InChI=1S/C8H19N.Na/c1-6-9(7(2)3)8(4)5;/h7-8H,6H2,1-5H3;. The van der Waals surface area contributed by atoms with Gasteiger partial charge in [0.15, 0.2) is 0 Å². The Labute approximate surface area is 87.5 Å². The minimum absolute atomic E-state index is 0. The molecule has 0 aromatic rings. The minimum atomic E-state index is 0. The molecule has 0 heterocycles. The van der Waals surface area contributed by atoms with Crippen LogP contribution < -0.4 is 0 Å². The molecule has 0 aliphatic heterocycles. The summed E-state index contributed by atoms with van der Waals surface area (Å²) < 4.78 is 0. The number of nitrogens with zero attached hydrogens (tertiary/aromatic N) is 1. The van der Waals surface area contributed by atoms with Crippen LogP contribution in [0.2, 0.25) is 0 Å². The number of hydrogen-bond acceptors (Lipinski definition) is 1. The van der Waals surface area contributed by atoms with Gasteiger partial charge in [-0.3, -0.25) is 4.90 Å². The van der Waals surface area contributed by atoms with E-state index in [1.165, 1.54) is 0 Å². The quantitative estimate of drug-likeness (QED) is 0.557. The zero-order valence-electron chi connectivity index (χ0n) is 8.31. The summed E-state index contributed by atoms with van der Waals surface area (Å²) in [5, 5.41) is 0. The van der Waals surface area contributed by atoms with Gasteiger partial charge in [-0.05, 0) is 34.2 Å². The summed E-state index contributed by atoms with van der Waals surface area (Å²) in [5.41, 5.74) is 0. The fourth-order valence-corrected chi connectivity index (χ4v) is 1.33. The summed E-state index contributed by atoms with van der Waals surface area (Å²) in [6.45, 7) is 12.3. The van der Waals surface area contributed by atoms with Gasteiger partial charge in [-0.1, -0.05) is 6.92 Å². The molecule has 0 saturated carbocycles. The van der Waals surface area contributed by atoms with Crippen LogP contribution in [0, 0.1) is 0 Å². The predicted molar refractivity (Wildman–Crippen MR) is 48.4 cm³/mol. The van der Waals surface area contributed by atoms with Gasteiger partial charge in [-0.25, -0.2) is 0 Å². The molecule has 0 aromatic carbocycles. The molecular formula is C8H19NNa. The molecule has 1 radical (unpaired) electrons. The van der Waals surface area contributed by atoms with E-state index in [1.54, 1.807) is 0 Å². The van der Waals surface area contributed by atoms with E-state index >= 15 is 0 Å². The van der Waals surface area contributed by atoms with Crippen molar-refractivity contribution in [2.24, 2.45) is 0 Å². The van der Waals surface area contributed by atoms with E-state index in [2.05, 4.69) is 39.5 Å². The van der Waals surface area contributed by atoms with Crippen molar-refractivity contribution in [2.75, 3.05) is 6.54 Å². The van der Waals surface area contributed by atoms with Crippen molar-refractivity contribution in [3.63, 3.8) is 0 Å². The average Bonchev–Trinajstić information content (AvgIpc) is 1.64. The maximum absolute atomic E-state index is 2.46. The average molecular weight is 152 g/mol. The van der Waals surface area contributed by atoms with Gasteiger partial charge >= 0.3 is 0 Å². The molecule has 0 aliphatic carbocycles. The Balaban J connectivity index is 0. The summed E-state index contributed by atoms with van der Waals surface area (Å²) in [6.07, 6.45) is 0. The van der Waals surface area contributed by atoms with Crippen LogP contribution in [-0.2, 0) is 0 Å². The molecule has 0 fully saturated rings. The van der Waals surface area contributed by atoms with Crippen LogP contribution in [-0.4, -0.2) is 53.1 Å². The fourth-order valence-electron chi connectivity index (χ4n) is 1.33. The van der Waals surface area contributed by atoms with E-state index in [1.807, 2.05) is 0 Å². The Morgan fingerprint density at radius 1 is 1.00 bits per heavy atom. The van der Waals surface area contributed by atoms with Crippen molar-refractivity contribution in [3.8, 4) is 0 Å². The van der Waals surface area contributed by atoms with E-state index < -0.39 is 0 Å². The zero-order chi connectivity index (χ0) is 7.44. The third-order valence-corrected chi connectivity index (χ3v) is 1.69. The Bertz CT molecular complexity index is 63.7. The Morgan fingerprint density at radius 3 is 1.30 bits per heavy atom. The maximum atomic E-state index is 2.46. The molecule has 0 aromatic heterocycles. The van der Waals surface area contributed by atoms with Gasteiger partial charge in [-0.2, -0.15) is 0 Å². The Kier molecular flexibility index (Phi) is 9.02. The van der Waals surface area contributed by atoms with E-state index in [9.17, 15) is 0 Å². The third kappa shape index (κ3) is 4.73. The molecule has 0 bridgehead atoms. The number of hydrogen-bond donors (Lipinski definition) is 0. The van der Waals surface area contributed by atoms with Crippen molar-refractivity contribution in [2.45, 2.75) is 46.7 Å². The van der Waals surface area contributed by atoms with Gasteiger partial charge in [0.2, 0.25) is 0 Å². The largest absolute Gasteiger partial charge is 0.299 e. The second-order valence-corrected chi connectivity index (χ2v) is 3.02. The van der Waals surface area contributed by atoms with Crippen LogP contribution in [0.3, 0.4) is 0 Å².